The number of aromatic nitrogens is 4. The molecule has 3 aromatic carbocycles. The molecule has 6 nitrogen and oxygen atoms in total. The van der Waals surface area contributed by atoms with Gasteiger partial charge in [0.15, 0.2) is 5.16 Å². The zero-order valence-corrected chi connectivity index (χ0v) is 19.3. The minimum Gasteiger partial charge on any atom is -0.420 e. The smallest absolute Gasteiger partial charge is 0.262 e. The first-order valence-electron chi connectivity index (χ1n) is 10.4. The molecule has 2 heterocycles. The summed E-state index contributed by atoms with van der Waals surface area (Å²) >= 11 is 7.35. The summed E-state index contributed by atoms with van der Waals surface area (Å²) in [5.41, 5.74) is 2.41. The molecule has 0 bridgehead atoms. The lowest BCUT2D eigenvalue weighted by Gasteiger charge is -2.19. The summed E-state index contributed by atoms with van der Waals surface area (Å²) in [5.74, 6) is 1.25. The Balaban J connectivity index is 1.49. The van der Waals surface area contributed by atoms with E-state index in [9.17, 15) is 4.79 Å². The predicted molar refractivity (Wildman–Crippen MR) is 131 cm³/mol. The van der Waals surface area contributed by atoms with Crippen molar-refractivity contribution in [3.8, 4) is 11.5 Å². The number of halogens is 1. The third-order valence-electron chi connectivity index (χ3n) is 5.33. The van der Waals surface area contributed by atoms with Gasteiger partial charge in [0.2, 0.25) is 11.8 Å². The minimum absolute atomic E-state index is 0.0770. The Morgan fingerprint density at radius 1 is 0.970 bits per heavy atom. The molecule has 2 aromatic heterocycles. The average Bonchev–Trinajstić information content (AvgIpc) is 3.32. The lowest BCUT2D eigenvalue weighted by atomic mass is 10.1. The van der Waals surface area contributed by atoms with E-state index in [2.05, 4.69) is 10.2 Å². The molecular formula is C25H19ClN4O2S. The van der Waals surface area contributed by atoms with Crippen molar-refractivity contribution in [2.75, 3.05) is 0 Å². The molecule has 164 valence electrons. The van der Waals surface area contributed by atoms with Gasteiger partial charge in [0.05, 0.1) is 22.7 Å². The molecule has 33 heavy (non-hydrogen) atoms. The Hall–Kier alpha value is -3.42. The van der Waals surface area contributed by atoms with Gasteiger partial charge in [-0.1, -0.05) is 65.8 Å². The summed E-state index contributed by atoms with van der Waals surface area (Å²) in [6, 6.07) is 24.3. The molecule has 0 fully saturated rings. The van der Waals surface area contributed by atoms with Crippen LogP contribution in [-0.4, -0.2) is 19.7 Å². The number of thioether (sulfide) groups is 1. The number of para-hydroxylation sites is 1. The SMILES string of the molecule is C[C@@H](c1ccccc1)n1c(SCc2nnc(-c3ccc(Cl)cc3)o2)nc2ccccc2c1=O. The largest absolute Gasteiger partial charge is 0.420 e. The number of fused-ring (bicyclic) bond motifs is 1. The van der Waals surface area contributed by atoms with Crippen molar-refractivity contribution in [1.29, 1.82) is 0 Å². The van der Waals surface area contributed by atoms with E-state index in [1.807, 2.05) is 73.7 Å². The van der Waals surface area contributed by atoms with Crippen LogP contribution in [0.2, 0.25) is 5.02 Å². The molecule has 0 unspecified atom stereocenters. The molecule has 0 amide bonds. The highest BCUT2D eigenvalue weighted by Crippen LogP contribution is 2.28. The fourth-order valence-corrected chi connectivity index (χ4v) is 4.64. The molecule has 5 rings (SSSR count). The first-order chi connectivity index (χ1) is 16.1. The Morgan fingerprint density at radius 3 is 2.48 bits per heavy atom. The number of hydrogen-bond acceptors (Lipinski definition) is 6. The zero-order chi connectivity index (χ0) is 22.8. The Labute approximate surface area is 199 Å². The van der Waals surface area contributed by atoms with Crippen LogP contribution in [0.4, 0.5) is 0 Å². The number of nitrogens with zero attached hydrogens (tertiary/aromatic N) is 4. The van der Waals surface area contributed by atoms with Gasteiger partial charge < -0.3 is 4.42 Å². The third-order valence-corrected chi connectivity index (χ3v) is 6.52. The quantitative estimate of drug-likeness (QED) is 0.222. The second-order valence-corrected chi connectivity index (χ2v) is 8.85. The van der Waals surface area contributed by atoms with Crippen LogP contribution in [0.25, 0.3) is 22.4 Å². The van der Waals surface area contributed by atoms with Crippen LogP contribution in [0.5, 0.6) is 0 Å². The summed E-state index contributed by atoms with van der Waals surface area (Å²) in [4.78, 5) is 18.2. The highest BCUT2D eigenvalue weighted by Gasteiger charge is 2.19. The van der Waals surface area contributed by atoms with Crippen LogP contribution in [0, 0.1) is 0 Å². The number of benzene rings is 3. The highest BCUT2D eigenvalue weighted by molar-refractivity contribution is 7.98. The Bertz CT molecular complexity index is 1470. The van der Waals surface area contributed by atoms with E-state index in [0.29, 0.717) is 38.6 Å². The van der Waals surface area contributed by atoms with E-state index >= 15 is 0 Å². The van der Waals surface area contributed by atoms with Crippen molar-refractivity contribution in [3.05, 3.63) is 106 Å². The van der Waals surface area contributed by atoms with Crippen molar-refractivity contribution in [2.45, 2.75) is 23.9 Å². The van der Waals surface area contributed by atoms with E-state index in [4.69, 9.17) is 21.0 Å². The van der Waals surface area contributed by atoms with Crippen LogP contribution < -0.4 is 5.56 Å². The topological polar surface area (TPSA) is 73.8 Å². The van der Waals surface area contributed by atoms with Crippen LogP contribution in [0.3, 0.4) is 0 Å². The maximum absolute atomic E-state index is 13.4. The van der Waals surface area contributed by atoms with E-state index in [1.165, 1.54) is 11.8 Å². The van der Waals surface area contributed by atoms with Crippen LogP contribution in [0.1, 0.15) is 24.4 Å². The Kier molecular flexibility index (Phi) is 5.98. The normalized spacial score (nSPS) is 12.2. The minimum atomic E-state index is -0.189. The molecule has 1 atom stereocenters. The predicted octanol–water partition coefficient (Wildman–Crippen LogP) is 6.00. The summed E-state index contributed by atoms with van der Waals surface area (Å²) in [6.07, 6.45) is 0. The lowest BCUT2D eigenvalue weighted by molar-refractivity contribution is 0.525. The van der Waals surface area contributed by atoms with E-state index in [-0.39, 0.29) is 11.6 Å². The van der Waals surface area contributed by atoms with Gasteiger partial charge in [-0.15, -0.1) is 10.2 Å². The van der Waals surface area contributed by atoms with Gasteiger partial charge in [-0.05, 0) is 48.9 Å². The van der Waals surface area contributed by atoms with Crippen LogP contribution >= 0.6 is 23.4 Å². The van der Waals surface area contributed by atoms with E-state index < -0.39 is 0 Å². The zero-order valence-electron chi connectivity index (χ0n) is 17.7. The van der Waals surface area contributed by atoms with Crippen LogP contribution in [0.15, 0.2) is 93.2 Å². The molecule has 0 aliphatic rings. The van der Waals surface area contributed by atoms with E-state index in [1.54, 1.807) is 16.7 Å². The first kappa shape index (κ1) is 21.4. The summed E-state index contributed by atoms with van der Waals surface area (Å²) in [7, 11) is 0. The van der Waals surface area contributed by atoms with Crippen LogP contribution in [-0.2, 0) is 5.75 Å². The molecule has 0 aliphatic heterocycles. The van der Waals surface area contributed by atoms with Gasteiger partial charge in [0, 0.05) is 10.6 Å². The van der Waals surface area contributed by atoms with Gasteiger partial charge in [-0.25, -0.2) is 4.98 Å². The van der Waals surface area contributed by atoms with Crippen molar-refractivity contribution in [3.63, 3.8) is 0 Å². The monoisotopic (exact) mass is 474 g/mol. The highest BCUT2D eigenvalue weighted by atomic mass is 35.5. The Morgan fingerprint density at radius 2 is 1.70 bits per heavy atom. The number of rotatable bonds is 6. The first-order valence-corrected chi connectivity index (χ1v) is 11.7. The van der Waals surface area contributed by atoms with Crippen molar-refractivity contribution in [2.24, 2.45) is 0 Å². The second-order valence-electron chi connectivity index (χ2n) is 7.47. The van der Waals surface area contributed by atoms with E-state index in [0.717, 1.165) is 11.1 Å². The van der Waals surface area contributed by atoms with Crippen molar-refractivity contribution >= 4 is 34.3 Å². The summed E-state index contributed by atoms with van der Waals surface area (Å²) in [6.45, 7) is 2.00. The van der Waals surface area contributed by atoms with Gasteiger partial charge in [0.1, 0.15) is 0 Å². The fourth-order valence-electron chi connectivity index (χ4n) is 3.60. The molecule has 0 aliphatic carbocycles. The summed E-state index contributed by atoms with van der Waals surface area (Å²) in [5, 5.41) is 10.1. The van der Waals surface area contributed by atoms with Crippen molar-refractivity contribution in [1.82, 2.24) is 19.7 Å². The molecule has 0 radical (unpaired) electrons. The maximum Gasteiger partial charge on any atom is 0.262 e. The van der Waals surface area contributed by atoms with Gasteiger partial charge in [-0.2, -0.15) is 0 Å². The summed E-state index contributed by atoms with van der Waals surface area (Å²) < 4.78 is 7.57. The maximum atomic E-state index is 13.4. The second kappa shape index (κ2) is 9.21. The van der Waals surface area contributed by atoms with Gasteiger partial charge in [-0.3, -0.25) is 9.36 Å². The molecule has 8 heteroatoms. The van der Waals surface area contributed by atoms with Gasteiger partial charge in [0.25, 0.3) is 5.56 Å². The molecule has 0 saturated heterocycles. The standard InChI is InChI=1S/C25H19ClN4O2S/c1-16(17-7-3-2-4-8-17)30-24(31)20-9-5-6-10-21(20)27-25(30)33-15-22-28-29-23(32-22)18-11-13-19(26)14-12-18/h2-14,16H,15H2,1H3/t16-/m0/s1. The lowest BCUT2D eigenvalue weighted by Crippen LogP contribution is -2.27. The molecular weight excluding hydrogens is 456 g/mol. The van der Waals surface area contributed by atoms with Gasteiger partial charge >= 0.3 is 0 Å². The average molecular weight is 475 g/mol. The van der Waals surface area contributed by atoms with Crippen molar-refractivity contribution < 1.29 is 4.42 Å². The molecule has 5 aromatic rings. The fraction of sp³-hybridized carbons (Fsp3) is 0.120. The molecule has 0 N–H and O–H groups in total. The third kappa shape index (κ3) is 4.42. The molecule has 0 spiro atoms. The number of hydrogen-bond donors (Lipinski definition) is 0. The molecule has 0 saturated carbocycles.